The van der Waals surface area contributed by atoms with Crippen LogP contribution in [0.15, 0.2) is 48.8 Å². The van der Waals surface area contributed by atoms with Gasteiger partial charge < -0.3 is 4.74 Å². The fraction of sp³-hybridized carbons (Fsp3) is 0.625. The monoisotopic (exact) mass is 476 g/mol. The number of aromatic nitrogens is 2. The number of benzene rings is 1. The Kier molecular flexibility index (Phi) is 12.9. The molecule has 1 aliphatic carbocycles. The first kappa shape index (κ1) is 27.4. The first-order valence-corrected chi connectivity index (χ1v) is 14.5. The lowest BCUT2D eigenvalue weighted by atomic mass is 9.79. The summed E-state index contributed by atoms with van der Waals surface area (Å²) in [5.41, 5.74) is 2.27. The number of hydrogen-bond acceptors (Lipinski definition) is 3. The lowest BCUT2D eigenvalue weighted by Gasteiger charge is -2.26. The van der Waals surface area contributed by atoms with E-state index in [0.29, 0.717) is 6.61 Å². The van der Waals surface area contributed by atoms with E-state index in [0.717, 1.165) is 35.4 Å². The second-order valence-electron chi connectivity index (χ2n) is 10.5. The third-order valence-electron chi connectivity index (χ3n) is 7.50. The molecule has 1 saturated carbocycles. The van der Waals surface area contributed by atoms with Gasteiger partial charge in [-0.2, -0.15) is 0 Å². The average Bonchev–Trinajstić information content (AvgIpc) is 2.90. The standard InChI is InChI=1S/C32H48N2O/c1-3-5-7-8-9-11-14-29-25-33-32(34-26-29)30-20-22-31(23-21-30)35-24-12-15-28-18-16-27(17-19-28)13-10-6-4-2/h12,15,20-23,25-28H,3-11,13-14,16-19,24H2,1-2H3/b15-12+/t27-,28-. The smallest absolute Gasteiger partial charge is 0.159 e. The molecule has 35 heavy (non-hydrogen) atoms. The first-order chi connectivity index (χ1) is 17.3. The van der Waals surface area contributed by atoms with E-state index < -0.39 is 0 Å². The number of allylic oxidation sites excluding steroid dienone is 1. The molecule has 0 spiro atoms. The summed E-state index contributed by atoms with van der Waals surface area (Å²) in [4.78, 5) is 9.19. The summed E-state index contributed by atoms with van der Waals surface area (Å²) in [6.07, 6.45) is 28.7. The van der Waals surface area contributed by atoms with Gasteiger partial charge in [0.15, 0.2) is 5.82 Å². The van der Waals surface area contributed by atoms with Crippen LogP contribution < -0.4 is 4.74 Å². The van der Waals surface area contributed by atoms with E-state index in [2.05, 4.69) is 48.1 Å². The van der Waals surface area contributed by atoms with Crippen molar-refractivity contribution in [3.63, 3.8) is 0 Å². The van der Waals surface area contributed by atoms with Crippen LogP contribution in [0, 0.1) is 11.8 Å². The third kappa shape index (κ3) is 10.5. The molecule has 1 aliphatic rings. The van der Waals surface area contributed by atoms with Gasteiger partial charge in [-0.15, -0.1) is 0 Å². The molecule has 0 aliphatic heterocycles. The number of unbranched alkanes of at least 4 members (excludes halogenated alkanes) is 7. The largest absolute Gasteiger partial charge is 0.490 e. The SMILES string of the molecule is CCCCCCCCc1cnc(-c2ccc(OC/C=C/[C@H]3CC[C@H](CCCCC)CC3)cc2)nc1. The quantitative estimate of drug-likeness (QED) is 0.179. The van der Waals surface area contributed by atoms with Gasteiger partial charge in [0, 0.05) is 18.0 Å². The zero-order valence-corrected chi connectivity index (χ0v) is 22.4. The molecule has 0 unspecified atom stereocenters. The van der Waals surface area contributed by atoms with Crippen molar-refractivity contribution in [1.82, 2.24) is 9.97 Å². The number of aryl methyl sites for hydroxylation is 1. The zero-order chi connectivity index (χ0) is 24.6. The Bertz CT molecular complexity index is 820. The van der Waals surface area contributed by atoms with E-state index in [1.807, 2.05) is 24.5 Å². The van der Waals surface area contributed by atoms with Crippen LogP contribution in [0.5, 0.6) is 5.75 Å². The summed E-state index contributed by atoms with van der Waals surface area (Å²) in [6, 6.07) is 8.17. The molecular formula is C32H48N2O. The highest BCUT2D eigenvalue weighted by Crippen LogP contribution is 2.32. The molecule has 1 aromatic heterocycles. The van der Waals surface area contributed by atoms with Crippen LogP contribution in [-0.4, -0.2) is 16.6 Å². The minimum atomic E-state index is 0.638. The van der Waals surface area contributed by atoms with Crippen molar-refractivity contribution in [2.75, 3.05) is 6.61 Å². The molecule has 0 N–H and O–H groups in total. The normalized spacial score (nSPS) is 18.2. The van der Waals surface area contributed by atoms with E-state index in [1.165, 1.54) is 95.5 Å². The maximum Gasteiger partial charge on any atom is 0.159 e. The Hall–Kier alpha value is -2.16. The van der Waals surface area contributed by atoms with Crippen molar-refractivity contribution in [3.8, 4) is 17.1 Å². The van der Waals surface area contributed by atoms with Gasteiger partial charge in [-0.25, -0.2) is 9.97 Å². The predicted octanol–water partition coefficient (Wildman–Crippen LogP) is 9.37. The second-order valence-corrected chi connectivity index (χ2v) is 10.5. The van der Waals surface area contributed by atoms with Gasteiger partial charge >= 0.3 is 0 Å². The van der Waals surface area contributed by atoms with Crippen LogP contribution in [0.4, 0.5) is 0 Å². The predicted molar refractivity (Wildman–Crippen MR) is 149 cm³/mol. The zero-order valence-electron chi connectivity index (χ0n) is 22.4. The van der Waals surface area contributed by atoms with Gasteiger partial charge in [0.2, 0.25) is 0 Å². The highest BCUT2D eigenvalue weighted by atomic mass is 16.5. The summed E-state index contributed by atoms with van der Waals surface area (Å²) in [7, 11) is 0. The Labute approximate surface area is 214 Å². The lowest BCUT2D eigenvalue weighted by molar-refractivity contribution is 0.288. The summed E-state index contributed by atoms with van der Waals surface area (Å²) >= 11 is 0. The van der Waals surface area contributed by atoms with Gasteiger partial charge in [0.25, 0.3) is 0 Å². The van der Waals surface area contributed by atoms with Gasteiger partial charge in [0.1, 0.15) is 12.4 Å². The molecule has 0 radical (unpaired) electrons. The van der Waals surface area contributed by atoms with Gasteiger partial charge in [-0.3, -0.25) is 0 Å². The topological polar surface area (TPSA) is 35.0 Å². The van der Waals surface area contributed by atoms with E-state index in [9.17, 15) is 0 Å². The van der Waals surface area contributed by atoms with Crippen molar-refractivity contribution >= 4 is 0 Å². The van der Waals surface area contributed by atoms with Crippen molar-refractivity contribution in [1.29, 1.82) is 0 Å². The molecule has 3 rings (SSSR count). The van der Waals surface area contributed by atoms with Gasteiger partial charge in [0.05, 0.1) is 0 Å². The molecular weight excluding hydrogens is 428 g/mol. The highest BCUT2D eigenvalue weighted by molar-refractivity contribution is 5.55. The van der Waals surface area contributed by atoms with Crippen molar-refractivity contribution < 1.29 is 4.74 Å². The average molecular weight is 477 g/mol. The van der Waals surface area contributed by atoms with E-state index in [-0.39, 0.29) is 0 Å². The minimum Gasteiger partial charge on any atom is -0.490 e. The Morgan fingerprint density at radius 3 is 2.17 bits per heavy atom. The number of nitrogens with zero attached hydrogens (tertiary/aromatic N) is 2. The molecule has 0 bridgehead atoms. The molecule has 2 aromatic rings. The Morgan fingerprint density at radius 2 is 1.46 bits per heavy atom. The number of hydrogen-bond donors (Lipinski definition) is 0. The van der Waals surface area contributed by atoms with Crippen LogP contribution in [0.25, 0.3) is 11.4 Å². The molecule has 1 heterocycles. The molecule has 0 saturated heterocycles. The highest BCUT2D eigenvalue weighted by Gasteiger charge is 2.18. The van der Waals surface area contributed by atoms with Crippen LogP contribution in [0.1, 0.15) is 109 Å². The van der Waals surface area contributed by atoms with Crippen LogP contribution >= 0.6 is 0 Å². The van der Waals surface area contributed by atoms with Crippen LogP contribution in [-0.2, 0) is 6.42 Å². The number of rotatable bonds is 16. The lowest BCUT2D eigenvalue weighted by Crippen LogP contribution is -2.13. The fourth-order valence-corrected chi connectivity index (χ4v) is 5.19. The molecule has 1 fully saturated rings. The molecule has 0 amide bonds. The Morgan fingerprint density at radius 1 is 0.800 bits per heavy atom. The molecule has 192 valence electrons. The van der Waals surface area contributed by atoms with E-state index >= 15 is 0 Å². The summed E-state index contributed by atoms with van der Waals surface area (Å²) in [5.74, 6) is 3.40. The van der Waals surface area contributed by atoms with Crippen LogP contribution in [0.2, 0.25) is 0 Å². The maximum atomic E-state index is 5.95. The third-order valence-corrected chi connectivity index (χ3v) is 7.50. The van der Waals surface area contributed by atoms with E-state index in [4.69, 9.17) is 4.74 Å². The van der Waals surface area contributed by atoms with Gasteiger partial charge in [-0.1, -0.05) is 83.8 Å². The minimum absolute atomic E-state index is 0.638. The second kappa shape index (κ2) is 16.5. The molecule has 3 heteroatoms. The van der Waals surface area contributed by atoms with Crippen molar-refractivity contribution in [2.45, 2.75) is 110 Å². The van der Waals surface area contributed by atoms with Crippen LogP contribution in [0.3, 0.4) is 0 Å². The van der Waals surface area contributed by atoms with Crippen molar-refractivity contribution in [2.24, 2.45) is 11.8 Å². The fourth-order valence-electron chi connectivity index (χ4n) is 5.19. The van der Waals surface area contributed by atoms with E-state index in [1.54, 1.807) is 0 Å². The van der Waals surface area contributed by atoms with Crippen molar-refractivity contribution in [3.05, 3.63) is 54.4 Å². The summed E-state index contributed by atoms with van der Waals surface area (Å²) in [5, 5.41) is 0. The molecule has 3 nitrogen and oxygen atoms in total. The Balaban J connectivity index is 1.33. The first-order valence-electron chi connectivity index (χ1n) is 14.5. The summed E-state index contributed by atoms with van der Waals surface area (Å²) in [6.45, 7) is 5.20. The number of ether oxygens (including phenoxy) is 1. The molecule has 0 atom stereocenters. The summed E-state index contributed by atoms with van der Waals surface area (Å²) < 4.78 is 5.95. The maximum absolute atomic E-state index is 5.95. The van der Waals surface area contributed by atoms with Gasteiger partial charge in [-0.05, 0) is 80.2 Å². The molecule has 1 aromatic carbocycles.